The minimum Gasteiger partial charge on any atom is -0.294 e. The third-order valence-corrected chi connectivity index (χ3v) is 2.94. The minimum absolute atomic E-state index is 0.258. The van der Waals surface area contributed by atoms with Crippen molar-refractivity contribution in [1.29, 1.82) is 0 Å². The highest BCUT2D eigenvalue weighted by Crippen LogP contribution is 2.05. The molecule has 3 rings (SSSR count). The van der Waals surface area contributed by atoms with E-state index in [1.807, 2.05) is 0 Å². The molecule has 0 saturated carbocycles. The number of rotatable bonds is 1. The third kappa shape index (κ3) is 1.65. The smallest absolute Gasteiger partial charge is 0.294 e. The van der Waals surface area contributed by atoms with Crippen LogP contribution in [-0.4, -0.2) is 19.1 Å². The summed E-state index contributed by atoms with van der Waals surface area (Å²) in [5.74, 6) is 0. The zero-order valence-electron chi connectivity index (χ0n) is 10.1. The topological polar surface area (TPSA) is 69.8 Å². The Bertz CT molecular complexity index is 865. The van der Waals surface area contributed by atoms with E-state index in [1.54, 1.807) is 37.5 Å². The summed E-state index contributed by atoms with van der Waals surface area (Å²) in [5.41, 5.74) is 0.344. The molecular formula is C13H10N4O2. The van der Waals surface area contributed by atoms with E-state index in [-0.39, 0.29) is 5.52 Å². The fourth-order valence-electron chi connectivity index (χ4n) is 1.99. The molecule has 19 heavy (non-hydrogen) atoms. The van der Waals surface area contributed by atoms with Crippen molar-refractivity contribution in [3.05, 3.63) is 63.7 Å². The Hall–Kier alpha value is -2.76. The van der Waals surface area contributed by atoms with E-state index in [0.29, 0.717) is 11.2 Å². The predicted octanol–water partition coefficient (Wildman–Crippen LogP) is 0.479. The van der Waals surface area contributed by atoms with Crippen LogP contribution in [0.25, 0.3) is 16.7 Å². The van der Waals surface area contributed by atoms with Gasteiger partial charge in [0.2, 0.25) is 0 Å². The van der Waals surface area contributed by atoms with Gasteiger partial charge < -0.3 is 0 Å². The van der Waals surface area contributed by atoms with Crippen LogP contribution in [0.4, 0.5) is 0 Å². The van der Waals surface area contributed by atoms with Crippen LogP contribution >= 0.6 is 0 Å². The Labute approximate surface area is 107 Å². The van der Waals surface area contributed by atoms with E-state index >= 15 is 0 Å². The second kappa shape index (κ2) is 4.16. The van der Waals surface area contributed by atoms with Crippen molar-refractivity contribution in [1.82, 2.24) is 19.1 Å². The summed E-state index contributed by atoms with van der Waals surface area (Å²) in [5, 5.41) is 0. The molecule has 0 radical (unpaired) electrons. The van der Waals surface area contributed by atoms with Gasteiger partial charge in [0.25, 0.3) is 5.56 Å². The van der Waals surface area contributed by atoms with Gasteiger partial charge in [0, 0.05) is 19.4 Å². The molecule has 0 fully saturated rings. The molecule has 0 aliphatic heterocycles. The van der Waals surface area contributed by atoms with E-state index in [0.717, 1.165) is 4.57 Å². The van der Waals surface area contributed by atoms with Gasteiger partial charge >= 0.3 is 5.69 Å². The summed E-state index contributed by atoms with van der Waals surface area (Å²) in [7, 11) is 1.61. The lowest BCUT2D eigenvalue weighted by Crippen LogP contribution is -2.38. The summed E-state index contributed by atoms with van der Waals surface area (Å²) in [4.78, 5) is 32.6. The third-order valence-electron chi connectivity index (χ3n) is 2.94. The van der Waals surface area contributed by atoms with Gasteiger partial charge in [-0.25, -0.2) is 14.3 Å². The maximum Gasteiger partial charge on any atom is 0.336 e. The zero-order valence-corrected chi connectivity index (χ0v) is 10.1. The molecule has 0 saturated heterocycles. The number of pyridine rings is 2. The number of nitrogens with zero attached hydrogens (tertiary/aromatic N) is 4. The number of aryl methyl sites for hydroxylation is 1. The van der Waals surface area contributed by atoms with Crippen molar-refractivity contribution >= 4 is 11.0 Å². The highest BCUT2D eigenvalue weighted by molar-refractivity contribution is 5.73. The predicted molar refractivity (Wildman–Crippen MR) is 70.4 cm³/mol. The van der Waals surface area contributed by atoms with Crippen LogP contribution < -0.4 is 11.2 Å². The monoisotopic (exact) mass is 254 g/mol. The molecule has 0 amide bonds. The molecule has 0 N–H and O–H groups in total. The zero-order chi connectivity index (χ0) is 13.4. The molecule has 0 aromatic carbocycles. The van der Waals surface area contributed by atoms with Gasteiger partial charge in [0.1, 0.15) is 0 Å². The fraction of sp³-hybridized carbons (Fsp3) is 0.0769. The van der Waals surface area contributed by atoms with Crippen LogP contribution in [0.3, 0.4) is 0 Å². The maximum absolute atomic E-state index is 12.4. The Kier molecular flexibility index (Phi) is 2.49. The lowest BCUT2D eigenvalue weighted by molar-refractivity contribution is 0.768. The Balaban J connectivity index is 2.52. The van der Waals surface area contributed by atoms with Crippen molar-refractivity contribution in [3.8, 4) is 5.69 Å². The fourth-order valence-corrected chi connectivity index (χ4v) is 1.99. The average Bonchev–Trinajstić information content (AvgIpc) is 2.46. The summed E-state index contributed by atoms with van der Waals surface area (Å²) < 4.78 is 2.47. The van der Waals surface area contributed by atoms with Gasteiger partial charge in [0.05, 0.1) is 17.4 Å². The van der Waals surface area contributed by atoms with Gasteiger partial charge in [-0.1, -0.05) is 0 Å². The van der Waals surface area contributed by atoms with Crippen molar-refractivity contribution in [2.24, 2.45) is 7.05 Å². The van der Waals surface area contributed by atoms with Crippen LogP contribution in [0.2, 0.25) is 0 Å². The van der Waals surface area contributed by atoms with Gasteiger partial charge in [-0.3, -0.25) is 14.3 Å². The standard InChI is InChI=1S/C13H10N4O2/c1-16-10-5-3-7-15-11(10)12(18)17(13(16)19)9-4-2-6-14-8-9/h2-8H,1H3. The normalized spacial score (nSPS) is 10.8. The second-order valence-corrected chi connectivity index (χ2v) is 4.06. The molecule has 3 heterocycles. The van der Waals surface area contributed by atoms with Crippen LogP contribution in [0.5, 0.6) is 0 Å². The van der Waals surface area contributed by atoms with Crippen LogP contribution in [0.15, 0.2) is 52.4 Å². The number of fused-ring (bicyclic) bond motifs is 1. The quantitative estimate of drug-likeness (QED) is 0.633. The maximum atomic E-state index is 12.4. The SMILES string of the molecule is Cn1c(=O)n(-c2cccnc2)c(=O)c2ncccc21. The lowest BCUT2D eigenvalue weighted by Gasteiger charge is -2.09. The molecule has 6 nitrogen and oxygen atoms in total. The molecule has 3 aromatic rings. The lowest BCUT2D eigenvalue weighted by atomic mass is 10.3. The van der Waals surface area contributed by atoms with Crippen LogP contribution in [-0.2, 0) is 7.05 Å². The van der Waals surface area contributed by atoms with E-state index in [2.05, 4.69) is 9.97 Å². The minimum atomic E-state index is -0.438. The molecule has 0 aliphatic rings. The molecule has 0 atom stereocenters. The summed E-state index contributed by atoms with van der Waals surface area (Å²) in [6, 6.07) is 6.71. The molecular weight excluding hydrogens is 244 g/mol. The second-order valence-electron chi connectivity index (χ2n) is 4.06. The number of hydrogen-bond acceptors (Lipinski definition) is 4. The largest absolute Gasteiger partial charge is 0.336 e. The molecule has 0 unspecified atom stereocenters. The molecule has 3 aromatic heterocycles. The first-order valence-corrected chi connectivity index (χ1v) is 5.67. The Morgan fingerprint density at radius 3 is 2.63 bits per heavy atom. The van der Waals surface area contributed by atoms with Crippen molar-refractivity contribution < 1.29 is 0 Å². The first-order valence-electron chi connectivity index (χ1n) is 5.67. The van der Waals surface area contributed by atoms with Gasteiger partial charge in [-0.05, 0) is 24.3 Å². The van der Waals surface area contributed by atoms with Crippen molar-refractivity contribution in [3.63, 3.8) is 0 Å². The summed E-state index contributed by atoms with van der Waals surface area (Å²) in [6.45, 7) is 0. The van der Waals surface area contributed by atoms with E-state index in [4.69, 9.17) is 0 Å². The summed E-state index contributed by atoms with van der Waals surface area (Å²) >= 11 is 0. The number of aromatic nitrogens is 4. The van der Waals surface area contributed by atoms with Crippen LogP contribution in [0.1, 0.15) is 0 Å². The molecule has 0 spiro atoms. The van der Waals surface area contributed by atoms with Gasteiger partial charge in [-0.15, -0.1) is 0 Å². The molecule has 0 bridgehead atoms. The first-order chi connectivity index (χ1) is 9.20. The molecule has 6 heteroatoms. The van der Waals surface area contributed by atoms with E-state index in [1.165, 1.54) is 17.0 Å². The molecule has 94 valence electrons. The van der Waals surface area contributed by atoms with Crippen molar-refractivity contribution in [2.75, 3.05) is 0 Å². The summed E-state index contributed by atoms with van der Waals surface area (Å²) in [6.07, 6.45) is 4.58. The highest BCUT2D eigenvalue weighted by atomic mass is 16.2. The first kappa shape index (κ1) is 11.3. The van der Waals surface area contributed by atoms with E-state index < -0.39 is 11.2 Å². The Morgan fingerprint density at radius 1 is 1.11 bits per heavy atom. The van der Waals surface area contributed by atoms with Crippen LogP contribution in [0, 0.1) is 0 Å². The van der Waals surface area contributed by atoms with Crippen molar-refractivity contribution in [2.45, 2.75) is 0 Å². The van der Waals surface area contributed by atoms with Gasteiger partial charge in [-0.2, -0.15) is 0 Å². The Morgan fingerprint density at radius 2 is 1.89 bits per heavy atom. The average molecular weight is 254 g/mol. The highest BCUT2D eigenvalue weighted by Gasteiger charge is 2.12. The van der Waals surface area contributed by atoms with E-state index in [9.17, 15) is 9.59 Å². The van der Waals surface area contributed by atoms with Gasteiger partial charge in [0.15, 0.2) is 5.52 Å². The molecule has 0 aliphatic carbocycles. The number of hydrogen-bond donors (Lipinski definition) is 0.